The van der Waals surface area contributed by atoms with Gasteiger partial charge in [-0.2, -0.15) is 0 Å². The van der Waals surface area contributed by atoms with Gasteiger partial charge in [0, 0.05) is 19.6 Å². The standard InChI is InChI=1S/C8H13N3O/c1-3-11-7-5-10(2)4-6(7)9-8(11)12/h3-5H2,1-2H3,(H,9,12). The molecule has 0 atom stereocenters. The number of hydrogen-bond donors (Lipinski definition) is 1. The smallest absolute Gasteiger partial charge is 0.308 e. The minimum Gasteiger partial charge on any atom is -0.308 e. The summed E-state index contributed by atoms with van der Waals surface area (Å²) in [5.41, 5.74) is 2.28. The number of rotatable bonds is 1. The summed E-state index contributed by atoms with van der Waals surface area (Å²) in [6, 6.07) is 0. The number of aromatic amines is 1. The molecule has 0 aromatic carbocycles. The topological polar surface area (TPSA) is 41.0 Å². The highest BCUT2D eigenvalue weighted by Crippen LogP contribution is 2.17. The van der Waals surface area contributed by atoms with Crippen LogP contribution in [0.15, 0.2) is 4.79 Å². The van der Waals surface area contributed by atoms with Crippen molar-refractivity contribution < 1.29 is 0 Å². The van der Waals surface area contributed by atoms with Crippen molar-refractivity contribution in [2.24, 2.45) is 0 Å². The van der Waals surface area contributed by atoms with E-state index in [1.54, 1.807) is 4.57 Å². The molecule has 0 fully saturated rings. The molecule has 0 radical (unpaired) electrons. The van der Waals surface area contributed by atoms with Gasteiger partial charge in [0.25, 0.3) is 0 Å². The molecule has 12 heavy (non-hydrogen) atoms. The highest BCUT2D eigenvalue weighted by atomic mass is 16.1. The predicted octanol–water partition coefficient (Wildman–Crippen LogP) is 0.142. The van der Waals surface area contributed by atoms with Gasteiger partial charge in [-0.3, -0.25) is 9.47 Å². The van der Waals surface area contributed by atoms with Crippen LogP contribution in [0.3, 0.4) is 0 Å². The zero-order valence-corrected chi connectivity index (χ0v) is 7.42. The average molecular weight is 167 g/mol. The number of nitrogens with zero attached hydrogens (tertiary/aromatic N) is 2. The van der Waals surface area contributed by atoms with Crippen molar-refractivity contribution in [2.45, 2.75) is 26.6 Å². The largest absolute Gasteiger partial charge is 0.326 e. The molecule has 0 bridgehead atoms. The summed E-state index contributed by atoms with van der Waals surface area (Å²) in [6.45, 7) is 4.52. The third-order valence-corrected chi connectivity index (χ3v) is 2.34. The molecule has 2 rings (SSSR count). The highest BCUT2D eigenvalue weighted by molar-refractivity contribution is 5.17. The maximum absolute atomic E-state index is 11.3. The molecule has 1 aliphatic rings. The molecular weight excluding hydrogens is 154 g/mol. The molecule has 0 aliphatic carbocycles. The Bertz CT molecular complexity index is 350. The third kappa shape index (κ3) is 0.914. The van der Waals surface area contributed by atoms with Crippen LogP contribution < -0.4 is 5.69 Å². The van der Waals surface area contributed by atoms with Gasteiger partial charge in [-0.1, -0.05) is 0 Å². The van der Waals surface area contributed by atoms with Gasteiger partial charge in [-0.25, -0.2) is 4.79 Å². The van der Waals surface area contributed by atoms with Crippen molar-refractivity contribution in [2.75, 3.05) is 7.05 Å². The van der Waals surface area contributed by atoms with Gasteiger partial charge < -0.3 is 4.98 Å². The van der Waals surface area contributed by atoms with Crippen molar-refractivity contribution >= 4 is 0 Å². The van der Waals surface area contributed by atoms with Crippen LogP contribution >= 0.6 is 0 Å². The number of nitrogens with one attached hydrogen (secondary N) is 1. The van der Waals surface area contributed by atoms with Crippen LogP contribution in [0, 0.1) is 0 Å². The van der Waals surface area contributed by atoms with Crippen molar-refractivity contribution in [1.82, 2.24) is 14.5 Å². The van der Waals surface area contributed by atoms with Gasteiger partial charge >= 0.3 is 5.69 Å². The summed E-state index contributed by atoms with van der Waals surface area (Å²) in [7, 11) is 2.05. The van der Waals surface area contributed by atoms with Crippen LogP contribution in [0.5, 0.6) is 0 Å². The fraction of sp³-hybridized carbons (Fsp3) is 0.625. The zero-order chi connectivity index (χ0) is 8.72. The second-order valence-electron chi connectivity index (χ2n) is 3.27. The maximum atomic E-state index is 11.3. The Balaban J connectivity index is 2.51. The Morgan fingerprint density at radius 3 is 2.92 bits per heavy atom. The van der Waals surface area contributed by atoms with Gasteiger partial charge in [0.05, 0.1) is 11.4 Å². The SMILES string of the molecule is CCn1c2c([nH]c1=O)CN(C)C2. The number of hydrogen-bond acceptors (Lipinski definition) is 2. The molecule has 4 nitrogen and oxygen atoms in total. The van der Waals surface area contributed by atoms with Crippen molar-refractivity contribution in [1.29, 1.82) is 0 Å². The Kier molecular flexibility index (Phi) is 1.58. The van der Waals surface area contributed by atoms with Crippen LogP contribution in [0.4, 0.5) is 0 Å². The highest BCUT2D eigenvalue weighted by Gasteiger charge is 2.21. The van der Waals surface area contributed by atoms with Crippen LogP contribution in [0.25, 0.3) is 0 Å². The molecule has 0 saturated carbocycles. The molecule has 1 aromatic rings. The minimum absolute atomic E-state index is 0.0376. The van der Waals surface area contributed by atoms with E-state index in [1.807, 2.05) is 6.92 Å². The van der Waals surface area contributed by atoms with E-state index in [-0.39, 0.29) is 5.69 Å². The lowest BCUT2D eigenvalue weighted by Crippen LogP contribution is -2.21. The van der Waals surface area contributed by atoms with E-state index in [2.05, 4.69) is 16.9 Å². The Morgan fingerprint density at radius 2 is 2.25 bits per heavy atom. The first-order chi connectivity index (χ1) is 5.72. The third-order valence-electron chi connectivity index (χ3n) is 2.34. The lowest BCUT2D eigenvalue weighted by molar-refractivity contribution is 0.341. The van der Waals surface area contributed by atoms with E-state index in [4.69, 9.17) is 0 Å². The molecular formula is C8H13N3O. The summed E-state index contributed by atoms with van der Waals surface area (Å²) in [6.07, 6.45) is 0. The summed E-state index contributed by atoms with van der Waals surface area (Å²) in [4.78, 5) is 16.3. The summed E-state index contributed by atoms with van der Waals surface area (Å²) < 4.78 is 1.80. The van der Waals surface area contributed by atoms with E-state index in [9.17, 15) is 4.79 Å². The first-order valence-electron chi connectivity index (χ1n) is 4.21. The quantitative estimate of drug-likeness (QED) is 0.646. The number of aromatic nitrogens is 2. The molecule has 0 amide bonds. The normalized spacial score (nSPS) is 16.8. The Morgan fingerprint density at radius 1 is 1.50 bits per heavy atom. The zero-order valence-electron chi connectivity index (χ0n) is 7.42. The van der Waals surface area contributed by atoms with Crippen molar-refractivity contribution in [3.05, 3.63) is 21.9 Å². The molecule has 1 aromatic heterocycles. The number of H-pyrrole nitrogens is 1. The molecule has 4 heteroatoms. The van der Waals surface area contributed by atoms with Crippen LogP contribution in [0.1, 0.15) is 18.3 Å². The first kappa shape index (κ1) is 7.61. The van der Waals surface area contributed by atoms with Crippen LogP contribution in [-0.2, 0) is 19.6 Å². The van der Waals surface area contributed by atoms with Crippen LogP contribution in [-0.4, -0.2) is 21.5 Å². The lowest BCUT2D eigenvalue weighted by atomic mass is 10.4. The monoisotopic (exact) mass is 167 g/mol. The van der Waals surface area contributed by atoms with E-state index in [1.165, 1.54) is 0 Å². The lowest BCUT2D eigenvalue weighted by Gasteiger charge is -2.05. The molecule has 0 saturated heterocycles. The summed E-state index contributed by atoms with van der Waals surface area (Å²) >= 11 is 0. The fourth-order valence-corrected chi connectivity index (χ4v) is 1.78. The Hall–Kier alpha value is -1.03. The van der Waals surface area contributed by atoms with Gasteiger partial charge in [-0.05, 0) is 14.0 Å². The van der Waals surface area contributed by atoms with E-state index >= 15 is 0 Å². The van der Waals surface area contributed by atoms with Gasteiger partial charge in [-0.15, -0.1) is 0 Å². The van der Waals surface area contributed by atoms with Crippen molar-refractivity contribution in [3.8, 4) is 0 Å². The molecule has 0 spiro atoms. The number of fused-ring (bicyclic) bond motifs is 1. The van der Waals surface area contributed by atoms with E-state index < -0.39 is 0 Å². The molecule has 1 N–H and O–H groups in total. The van der Waals surface area contributed by atoms with Gasteiger partial charge in [0.1, 0.15) is 0 Å². The van der Waals surface area contributed by atoms with Crippen molar-refractivity contribution in [3.63, 3.8) is 0 Å². The van der Waals surface area contributed by atoms with E-state index in [0.717, 1.165) is 31.0 Å². The maximum Gasteiger partial charge on any atom is 0.326 e. The van der Waals surface area contributed by atoms with Crippen LogP contribution in [0.2, 0.25) is 0 Å². The minimum atomic E-state index is 0.0376. The second-order valence-corrected chi connectivity index (χ2v) is 3.27. The fourth-order valence-electron chi connectivity index (χ4n) is 1.78. The van der Waals surface area contributed by atoms with Gasteiger partial charge in [0.15, 0.2) is 0 Å². The van der Waals surface area contributed by atoms with E-state index in [0.29, 0.717) is 0 Å². The van der Waals surface area contributed by atoms with Gasteiger partial charge in [0.2, 0.25) is 0 Å². The molecule has 66 valence electrons. The molecule has 2 heterocycles. The first-order valence-corrected chi connectivity index (χ1v) is 4.21. The Labute approximate surface area is 70.8 Å². The molecule has 0 unspecified atom stereocenters. The second kappa shape index (κ2) is 2.48. The number of imidazole rings is 1. The molecule has 1 aliphatic heterocycles. The summed E-state index contributed by atoms with van der Waals surface area (Å²) in [5.74, 6) is 0. The average Bonchev–Trinajstić information content (AvgIpc) is 2.43. The predicted molar refractivity (Wildman–Crippen MR) is 45.9 cm³/mol. The summed E-state index contributed by atoms with van der Waals surface area (Å²) in [5, 5.41) is 0.